The smallest absolute Gasteiger partial charge is 0.472 e. The minimum Gasteiger partial charge on any atom is -0.480 e. The number of aliphatic carboxylic acids is 1. The number of carbonyl (C=O) groups is 3. The molecule has 0 rings (SSSR count). The van der Waals surface area contributed by atoms with Crippen LogP contribution in [0, 0.1) is 0 Å². The van der Waals surface area contributed by atoms with Crippen molar-refractivity contribution < 1.29 is 52.6 Å². The van der Waals surface area contributed by atoms with Gasteiger partial charge in [-0.15, -0.1) is 0 Å². The van der Waals surface area contributed by atoms with Crippen LogP contribution in [0.2, 0.25) is 0 Å². The summed E-state index contributed by atoms with van der Waals surface area (Å²) in [5, 5.41) is 19.0. The molecule has 13 heteroatoms. The summed E-state index contributed by atoms with van der Waals surface area (Å²) in [6.45, 7) is 2.54. The molecule has 0 aliphatic heterocycles. The summed E-state index contributed by atoms with van der Waals surface area (Å²) >= 11 is 0. The quantitative estimate of drug-likeness (QED) is 0.0150. The molecule has 0 amide bonds. The van der Waals surface area contributed by atoms with Crippen molar-refractivity contribution in [1.29, 1.82) is 0 Å². The third-order valence-corrected chi connectivity index (χ3v) is 10.3. The Balaban J connectivity index is 4.42. The van der Waals surface area contributed by atoms with Crippen molar-refractivity contribution in [3.05, 3.63) is 60.8 Å². The van der Waals surface area contributed by atoms with Crippen LogP contribution in [0.1, 0.15) is 174 Å². The Morgan fingerprint density at radius 2 is 1.15 bits per heavy atom. The van der Waals surface area contributed by atoms with E-state index in [4.69, 9.17) is 24.8 Å². The van der Waals surface area contributed by atoms with Crippen LogP contribution in [0.5, 0.6) is 0 Å². The van der Waals surface area contributed by atoms with Crippen molar-refractivity contribution in [2.75, 3.05) is 19.8 Å². The molecular weight excluding hydrogens is 773 g/mol. The maximum atomic E-state index is 12.6. The number of hydrogen-bond acceptors (Lipinski definition) is 10. The molecule has 0 saturated carbocycles. The number of carboxylic acid groups (broad SMARTS) is 1. The molecule has 5 N–H and O–H groups in total. The molecule has 0 bridgehead atoms. The van der Waals surface area contributed by atoms with Gasteiger partial charge < -0.3 is 30.3 Å². The van der Waals surface area contributed by atoms with Crippen molar-refractivity contribution in [2.24, 2.45) is 5.73 Å². The second-order valence-electron chi connectivity index (χ2n) is 15.0. The number of hydrogen-bond donors (Lipinski definition) is 4. The average Bonchev–Trinajstić information content (AvgIpc) is 3.21. The minimum absolute atomic E-state index is 0.134. The van der Waals surface area contributed by atoms with E-state index in [0.717, 1.165) is 77.0 Å². The molecule has 0 saturated heterocycles. The van der Waals surface area contributed by atoms with Gasteiger partial charge in [0.15, 0.2) is 6.10 Å². The number of esters is 2. The number of carboxylic acids is 1. The number of rotatable bonds is 41. The fourth-order valence-electron chi connectivity index (χ4n) is 5.81. The van der Waals surface area contributed by atoms with Gasteiger partial charge in [0.1, 0.15) is 12.6 Å². The molecule has 0 aromatic heterocycles. The third-order valence-electron chi connectivity index (χ3n) is 9.35. The third kappa shape index (κ3) is 40.3. The Morgan fingerprint density at radius 3 is 1.76 bits per heavy atom. The summed E-state index contributed by atoms with van der Waals surface area (Å²) < 4.78 is 32.7. The van der Waals surface area contributed by atoms with Crippen LogP contribution in [0.4, 0.5) is 0 Å². The largest absolute Gasteiger partial charge is 0.480 e. The SMILES string of the molecule is CC/C=C/C/C=C/C=C/C(O)CCCCCCCC(=O)OC[C@H](COP(=O)(O)OC[C@H](N)C(=O)O)OC(=O)CCCCCCCCCCC/C=C\C/C=C\CCCCC. The van der Waals surface area contributed by atoms with Crippen LogP contribution in [0.15, 0.2) is 60.8 Å². The summed E-state index contributed by atoms with van der Waals surface area (Å²) in [5.41, 5.74) is 5.33. The molecule has 2 unspecified atom stereocenters. The maximum Gasteiger partial charge on any atom is 0.472 e. The van der Waals surface area contributed by atoms with E-state index in [0.29, 0.717) is 19.3 Å². The van der Waals surface area contributed by atoms with Gasteiger partial charge in [-0.3, -0.25) is 23.4 Å². The highest BCUT2D eigenvalue weighted by Crippen LogP contribution is 2.43. The first-order valence-electron chi connectivity index (χ1n) is 22.4. The van der Waals surface area contributed by atoms with E-state index >= 15 is 0 Å². The molecule has 0 aliphatic carbocycles. The molecule has 0 heterocycles. The second-order valence-corrected chi connectivity index (χ2v) is 16.5. The lowest BCUT2D eigenvalue weighted by molar-refractivity contribution is -0.161. The number of allylic oxidation sites excluding steroid dienone is 9. The number of aliphatic hydroxyl groups is 1. The van der Waals surface area contributed by atoms with Gasteiger partial charge in [0.2, 0.25) is 0 Å². The van der Waals surface area contributed by atoms with E-state index in [2.05, 4.69) is 54.8 Å². The zero-order chi connectivity index (χ0) is 43.7. The van der Waals surface area contributed by atoms with Crippen LogP contribution >= 0.6 is 7.82 Å². The van der Waals surface area contributed by atoms with Gasteiger partial charge in [-0.05, 0) is 64.2 Å². The van der Waals surface area contributed by atoms with Gasteiger partial charge in [-0.25, -0.2) is 4.57 Å². The number of unbranched alkanes of at least 4 members (excludes halogenated alkanes) is 16. The summed E-state index contributed by atoms with van der Waals surface area (Å²) in [5.74, 6) is -2.48. The van der Waals surface area contributed by atoms with Crippen LogP contribution in [-0.2, 0) is 37.5 Å². The van der Waals surface area contributed by atoms with E-state index in [1.807, 2.05) is 18.2 Å². The van der Waals surface area contributed by atoms with Crippen molar-refractivity contribution in [3.8, 4) is 0 Å². The van der Waals surface area contributed by atoms with E-state index in [-0.39, 0.29) is 19.4 Å². The summed E-state index contributed by atoms with van der Waals surface area (Å²) in [4.78, 5) is 46.0. The molecule has 0 radical (unpaired) electrons. The zero-order valence-corrected chi connectivity index (χ0v) is 37.3. The van der Waals surface area contributed by atoms with E-state index < -0.39 is 57.2 Å². The lowest BCUT2D eigenvalue weighted by Crippen LogP contribution is -2.34. The fourth-order valence-corrected chi connectivity index (χ4v) is 6.59. The number of aliphatic hydroxyl groups excluding tert-OH is 1. The lowest BCUT2D eigenvalue weighted by atomic mass is 10.1. The summed E-state index contributed by atoms with van der Waals surface area (Å²) in [7, 11) is -4.74. The van der Waals surface area contributed by atoms with E-state index in [9.17, 15) is 28.9 Å². The summed E-state index contributed by atoms with van der Waals surface area (Å²) in [6.07, 6.45) is 43.0. The molecule has 340 valence electrons. The first kappa shape index (κ1) is 56.1. The molecular formula is C46H80NO11P. The molecule has 0 spiro atoms. The van der Waals surface area contributed by atoms with Gasteiger partial charge in [0.05, 0.1) is 19.3 Å². The molecule has 4 atom stereocenters. The zero-order valence-electron chi connectivity index (χ0n) is 36.4. The van der Waals surface area contributed by atoms with Gasteiger partial charge in [0.25, 0.3) is 0 Å². The Labute approximate surface area is 356 Å². The van der Waals surface area contributed by atoms with Crippen molar-refractivity contribution in [3.63, 3.8) is 0 Å². The highest BCUT2D eigenvalue weighted by Gasteiger charge is 2.28. The van der Waals surface area contributed by atoms with Gasteiger partial charge in [-0.1, -0.05) is 158 Å². The highest BCUT2D eigenvalue weighted by molar-refractivity contribution is 7.47. The van der Waals surface area contributed by atoms with Crippen LogP contribution in [-0.4, -0.2) is 71.1 Å². The Morgan fingerprint density at radius 1 is 0.627 bits per heavy atom. The topological polar surface area (TPSA) is 192 Å². The minimum atomic E-state index is -4.74. The lowest BCUT2D eigenvalue weighted by Gasteiger charge is -2.20. The predicted octanol–water partition coefficient (Wildman–Crippen LogP) is 10.9. The normalized spacial score (nSPS) is 14.8. The van der Waals surface area contributed by atoms with Gasteiger partial charge in [-0.2, -0.15) is 0 Å². The van der Waals surface area contributed by atoms with Gasteiger partial charge in [0, 0.05) is 12.8 Å². The van der Waals surface area contributed by atoms with Crippen LogP contribution < -0.4 is 5.73 Å². The molecule has 0 aromatic rings. The Hall–Kier alpha value is -2.86. The highest BCUT2D eigenvalue weighted by atomic mass is 31.2. The Kier molecular flexibility index (Phi) is 38.6. The van der Waals surface area contributed by atoms with Crippen molar-refractivity contribution >= 4 is 25.7 Å². The van der Waals surface area contributed by atoms with Gasteiger partial charge >= 0.3 is 25.7 Å². The molecule has 0 aliphatic rings. The predicted molar refractivity (Wildman–Crippen MR) is 237 cm³/mol. The fraction of sp³-hybridized carbons (Fsp3) is 0.717. The standard InChI is InChI=1S/C46H80NO11P/c1-3-5-7-9-11-12-13-14-15-16-17-18-19-20-21-22-24-28-33-37-45(50)58-42(39-56-59(53,54)57-40-43(47)46(51)52)38-55-44(49)36-32-29-25-27-31-35-41(48)34-30-26-23-10-8-6-4-2/h6,8,11-12,14-15,23,26,30,34,41-43,48H,3-5,7,9-10,13,16-22,24-25,27-29,31-33,35-40,47H2,1-2H3,(H,51,52)(H,53,54)/b8-6+,12-11-,15-14-,26-23+,34-30+/t41?,42-,43+/m1/s1. The first-order valence-corrected chi connectivity index (χ1v) is 23.9. The van der Waals surface area contributed by atoms with Crippen molar-refractivity contribution in [2.45, 2.75) is 193 Å². The monoisotopic (exact) mass is 854 g/mol. The molecule has 12 nitrogen and oxygen atoms in total. The molecule has 59 heavy (non-hydrogen) atoms. The van der Waals surface area contributed by atoms with E-state index in [1.54, 1.807) is 6.08 Å². The number of nitrogens with two attached hydrogens (primary N) is 1. The maximum absolute atomic E-state index is 12.6. The average molecular weight is 854 g/mol. The Bertz CT molecular complexity index is 1250. The molecule has 0 aromatic carbocycles. The molecule has 0 fully saturated rings. The van der Waals surface area contributed by atoms with Crippen LogP contribution in [0.3, 0.4) is 0 Å². The number of phosphoric acid groups is 1. The number of ether oxygens (including phenoxy) is 2. The number of phosphoric ester groups is 1. The number of carbonyl (C=O) groups excluding carboxylic acids is 2. The first-order chi connectivity index (χ1) is 28.5. The summed E-state index contributed by atoms with van der Waals surface area (Å²) in [6, 6.07) is -1.54. The van der Waals surface area contributed by atoms with Crippen molar-refractivity contribution in [1.82, 2.24) is 0 Å². The second kappa shape index (κ2) is 40.5. The van der Waals surface area contributed by atoms with Crippen LogP contribution in [0.25, 0.3) is 0 Å². The van der Waals surface area contributed by atoms with E-state index in [1.165, 1.54) is 51.4 Å².